The maximum atomic E-state index is 11.8. The van der Waals surface area contributed by atoms with Crippen molar-refractivity contribution >= 4 is 16.8 Å². The Bertz CT molecular complexity index is 802. The summed E-state index contributed by atoms with van der Waals surface area (Å²) in [6.45, 7) is 0.337. The van der Waals surface area contributed by atoms with Gasteiger partial charge in [0.2, 0.25) is 0 Å². The summed E-state index contributed by atoms with van der Waals surface area (Å²) < 4.78 is 6.65. The molecule has 0 fully saturated rings. The van der Waals surface area contributed by atoms with Crippen LogP contribution in [0.3, 0.4) is 0 Å². The highest BCUT2D eigenvalue weighted by Gasteiger charge is 2.09. The van der Waals surface area contributed by atoms with Crippen LogP contribution in [0.2, 0.25) is 0 Å². The number of phenols is 1. The van der Waals surface area contributed by atoms with E-state index in [9.17, 15) is 9.90 Å². The molecule has 5 heteroatoms. The normalized spacial score (nSPS) is 10.9. The Kier molecular flexibility index (Phi) is 2.52. The minimum Gasteiger partial charge on any atom is -0.508 e. The summed E-state index contributed by atoms with van der Waals surface area (Å²) >= 11 is 0. The van der Waals surface area contributed by atoms with E-state index in [1.807, 2.05) is 6.07 Å². The van der Waals surface area contributed by atoms with E-state index in [1.54, 1.807) is 36.4 Å². The molecule has 0 unspecified atom stereocenters. The number of nitrogen functional groups attached to an aromatic ring is 1. The molecule has 0 aliphatic rings. The number of hydrogen-bond donors (Lipinski definition) is 2. The van der Waals surface area contributed by atoms with Gasteiger partial charge in [-0.05, 0) is 29.8 Å². The van der Waals surface area contributed by atoms with Crippen molar-refractivity contribution in [2.45, 2.75) is 6.54 Å². The molecule has 0 aliphatic carbocycles. The number of oxazole rings is 1. The van der Waals surface area contributed by atoms with Gasteiger partial charge in [-0.15, -0.1) is 0 Å². The first kappa shape index (κ1) is 11.4. The number of anilines is 1. The molecule has 3 rings (SSSR count). The Hall–Kier alpha value is -2.69. The number of fused-ring (bicyclic) bond motifs is 1. The van der Waals surface area contributed by atoms with Crippen LogP contribution < -0.4 is 11.5 Å². The van der Waals surface area contributed by atoms with Gasteiger partial charge in [0.05, 0.1) is 12.1 Å². The largest absolute Gasteiger partial charge is 0.508 e. The molecule has 0 bridgehead atoms. The van der Waals surface area contributed by atoms with Crippen LogP contribution in [0.1, 0.15) is 5.56 Å². The second-order valence-electron chi connectivity index (χ2n) is 4.35. The van der Waals surface area contributed by atoms with Crippen LogP contribution in [0.25, 0.3) is 11.1 Å². The predicted octanol–water partition coefficient (Wildman–Crippen LogP) is 1.93. The molecule has 96 valence electrons. The third-order valence-electron chi connectivity index (χ3n) is 2.94. The molecule has 0 atom stereocenters. The van der Waals surface area contributed by atoms with Gasteiger partial charge in [-0.2, -0.15) is 0 Å². The Balaban J connectivity index is 2.10. The lowest BCUT2D eigenvalue weighted by Crippen LogP contribution is -2.14. The highest BCUT2D eigenvalue weighted by atomic mass is 16.4. The number of benzene rings is 2. The summed E-state index contributed by atoms with van der Waals surface area (Å²) in [6.07, 6.45) is 0. The Morgan fingerprint density at radius 3 is 2.84 bits per heavy atom. The second-order valence-corrected chi connectivity index (χ2v) is 4.35. The number of aromatic nitrogens is 1. The van der Waals surface area contributed by atoms with Crippen LogP contribution in [-0.4, -0.2) is 9.67 Å². The maximum absolute atomic E-state index is 11.8. The number of aromatic hydroxyl groups is 1. The molecule has 2 aromatic carbocycles. The van der Waals surface area contributed by atoms with Gasteiger partial charge in [0, 0.05) is 11.8 Å². The van der Waals surface area contributed by atoms with Gasteiger partial charge in [-0.3, -0.25) is 4.57 Å². The van der Waals surface area contributed by atoms with Crippen molar-refractivity contribution in [2.75, 3.05) is 5.73 Å². The van der Waals surface area contributed by atoms with Gasteiger partial charge >= 0.3 is 5.76 Å². The fourth-order valence-corrected chi connectivity index (χ4v) is 2.07. The Morgan fingerprint density at radius 2 is 2.05 bits per heavy atom. The smallest absolute Gasteiger partial charge is 0.420 e. The van der Waals surface area contributed by atoms with Gasteiger partial charge in [0.1, 0.15) is 5.75 Å². The van der Waals surface area contributed by atoms with E-state index in [4.69, 9.17) is 10.2 Å². The lowest BCUT2D eigenvalue weighted by Gasteiger charge is -2.03. The molecule has 1 heterocycles. The van der Waals surface area contributed by atoms with Crippen LogP contribution >= 0.6 is 0 Å². The van der Waals surface area contributed by atoms with Crippen LogP contribution in [0.5, 0.6) is 5.75 Å². The SMILES string of the molecule is Nc1ccc2c(c1)oc(=O)n2Cc1cccc(O)c1. The number of rotatable bonds is 2. The quantitative estimate of drug-likeness (QED) is 0.686. The number of nitrogens with zero attached hydrogens (tertiary/aromatic N) is 1. The Labute approximate surface area is 108 Å². The Morgan fingerprint density at radius 1 is 1.21 bits per heavy atom. The van der Waals surface area contributed by atoms with Crippen LogP contribution in [-0.2, 0) is 6.54 Å². The minimum absolute atomic E-state index is 0.169. The maximum Gasteiger partial charge on any atom is 0.420 e. The monoisotopic (exact) mass is 256 g/mol. The zero-order valence-corrected chi connectivity index (χ0v) is 10.0. The van der Waals surface area contributed by atoms with Crippen molar-refractivity contribution < 1.29 is 9.52 Å². The van der Waals surface area contributed by atoms with Gasteiger partial charge in [-0.25, -0.2) is 4.79 Å². The third-order valence-corrected chi connectivity index (χ3v) is 2.94. The molecule has 5 nitrogen and oxygen atoms in total. The average Bonchev–Trinajstić information content (AvgIpc) is 2.65. The predicted molar refractivity (Wildman–Crippen MR) is 72.1 cm³/mol. The van der Waals surface area contributed by atoms with Crippen LogP contribution in [0.15, 0.2) is 51.7 Å². The highest BCUT2D eigenvalue weighted by molar-refractivity contribution is 5.76. The summed E-state index contributed by atoms with van der Waals surface area (Å²) in [7, 11) is 0. The van der Waals surface area contributed by atoms with Crippen molar-refractivity contribution in [1.29, 1.82) is 0 Å². The topological polar surface area (TPSA) is 81.4 Å². The zero-order valence-electron chi connectivity index (χ0n) is 10.0. The van der Waals surface area contributed by atoms with Gasteiger partial charge in [-0.1, -0.05) is 12.1 Å². The van der Waals surface area contributed by atoms with E-state index in [0.717, 1.165) is 5.56 Å². The van der Waals surface area contributed by atoms with Crippen molar-refractivity contribution in [1.82, 2.24) is 4.57 Å². The molecular weight excluding hydrogens is 244 g/mol. The van der Waals surface area contributed by atoms with E-state index >= 15 is 0 Å². The number of hydrogen-bond acceptors (Lipinski definition) is 4. The van der Waals surface area contributed by atoms with E-state index in [-0.39, 0.29) is 5.75 Å². The van der Waals surface area contributed by atoms with Gasteiger partial charge in [0.25, 0.3) is 0 Å². The summed E-state index contributed by atoms with van der Waals surface area (Å²) in [5.41, 5.74) is 8.17. The van der Waals surface area contributed by atoms with E-state index < -0.39 is 5.76 Å². The molecule has 3 N–H and O–H groups in total. The number of phenolic OH excluding ortho intramolecular Hbond substituents is 1. The van der Waals surface area contributed by atoms with Crippen molar-refractivity contribution in [3.05, 3.63) is 58.6 Å². The molecule has 19 heavy (non-hydrogen) atoms. The van der Waals surface area contributed by atoms with E-state index in [0.29, 0.717) is 23.3 Å². The molecule has 0 aliphatic heterocycles. The lowest BCUT2D eigenvalue weighted by molar-refractivity contribution is 0.473. The highest BCUT2D eigenvalue weighted by Crippen LogP contribution is 2.18. The molecule has 0 saturated heterocycles. The first-order valence-electron chi connectivity index (χ1n) is 5.80. The van der Waals surface area contributed by atoms with Crippen molar-refractivity contribution in [3.8, 4) is 5.75 Å². The minimum atomic E-state index is -0.441. The molecule has 0 amide bonds. The molecule has 3 aromatic rings. The van der Waals surface area contributed by atoms with Crippen molar-refractivity contribution in [2.24, 2.45) is 0 Å². The summed E-state index contributed by atoms with van der Waals surface area (Å²) in [4.78, 5) is 11.8. The molecular formula is C14H12N2O3. The molecule has 1 aromatic heterocycles. The molecule has 0 spiro atoms. The fraction of sp³-hybridized carbons (Fsp3) is 0.0714. The molecule has 0 saturated carbocycles. The lowest BCUT2D eigenvalue weighted by atomic mass is 10.2. The van der Waals surface area contributed by atoms with Crippen LogP contribution in [0.4, 0.5) is 5.69 Å². The van der Waals surface area contributed by atoms with E-state index in [1.165, 1.54) is 4.57 Å². The fourth-order valence-electron chi connectivity index (χ4n) is 2.07. The summed E-state index contributed by atoms with van der Waals surface area (Å²) in [5.74, 6) is -0.272. The van der Waals surface area contributed by atoms with Gasteiger partial charge < -0.3 is 15.3 Å². The summed E-state index contributed by atoms with van der Waals surface area (Å²) in [6, 6.07) is 11.9. The standard InChI is InChI=1S/C14H12N2O3/c15-10-4-5-12-13(7-10)19-14(18)16(12)8-9-2-1-3-11(17)6-9/h1-7,17H,8,15H2. The van der Waals surface area contributed by atoms with Crippen molar-refractivity contribution in [3.63, 3.8) is 0 Å². The zero-order chi connectivity index (χ0) is 13.4. The van der Waals surface area contributed by atoms with Gasteiger partial charge in [0.15, 0.2) is 5.58 Å². The third kappa shape index (κ3) is 2.06. The second kappa shape index (κ2) is 4.20. The summed E-state index contributed by atoms with van der Waals surface area (Å²) in [5, 5.41) is 9.43. The number of nitrogens with two attached hydrogens (primary N) is 1. The van der Waals surface area contributed by atoms with Crippen LogP contribution in [0, 0.1) is 0 Å². The van der Waals surface area contributed by atoms with E-state index in [2.05, 4.69) is 0 Å². The first-order chi connectivity index (χ1) is 9.13. The first-order valence-corrected chi connectivity index (χ1v) is 5.80. The molecule has 0 radical (unpaired) electrons. The average molecular weight is 256 g/mol.